The van der Waals surface area contributed by atoms with Crippen LogP contribution in [-0.2, 0) is 30.2 Å². The smallest absolute Gasteiger partial charge is 0.498 e. The Bertz CT molecular complexity index is 713. The topological polar surface area (TPSA) is 88.9 Å². The molecule has 0 bridgehead atoms. The standard InChI is InChI=1S/C18H19BN2O5/c1-21-12-17(22)25-19(26-18(23)13-21)9-3-2-4-10-24-14-16-7-5-15(11-20)6-8-16/h5-8H,4,9-10,12-14H2,1H3. The van der Waals surface area contributed by atoms with Gasteiger partial charge in [0, 0.05) is 6.42 Å². The number of hydrogen-bond acceptors (Lipinski definition) is 7. The van der Waals surface area contributed by atoms with Gasteiger partial charge in [-0.1, -0.05) is 12.1 Å². The molecule has 0 atom stereocenters. The lowest BCUT2D eigenvalue weighted by Gasteiger charge is -2.21. The first kappa shape index (κ1) is 19.5. The number of benzene rings is 1. The van der Waals surface area contributed by atoms with Crippen molar-refractivity contribution in [3.05, 3.63) is 35.4 Å². The Kier molecular flexibility index (Phi) is 7.69. The molecule has 1 aromatic carbocycles. The lowest BCUT2D eigenvalue weighted by Crippen LogP contribution is -2.42. The van der Waals surface area contributed by atoms with Crippen molar-refractivity contribution >= 4 is 19.1 Å². The van der Waals surface area contributed by atoms with Gasteiger partial charge in [-0.3, -0.25) is 14.5 Å². The normalized spacial score (nSPS) is 15.0. The van der Waals surface area contributed by atoms with Crippen molar-refractivity contribution in [1.29, 1.82) is 5.26 Å². The fourth-order valence-corrected chi connectivity index (χ4v) is 2.20. The highest BCUT2D eigenvalue weighted by Gasteiger charge is 2.30. The predicted octanol–water partition coefficient (Wildman–Crippen LogP) is 0.988. The third-order valence-corrected chi connectivity index (χ3v) is 3.44. The van der Waals surface area contributed by atoms with Gasteiger partial charge in [-0.2, -0.15) is 5.26 Å². The van der Waals surface area contributed by atoms with Crippen LogP contribution in [0.3, 0.4) is 0 Å². The minimum atomic E-state index is -0.962. The Balaban J connectivity index is 1.66. The van der Waals surface area contributed by atoms with Crippen molar-refractivity contribution in [1.82, 2.24) is 4.90 Å². The molecule has 134 valence electrons. The Hall–Kier alpha value is -2.81. The van der Waals surface area contributed by atoms with Gasteiger partial charge in [0.1, 0.15) is 0 Å². The average molecular weight is 354 g/mol. The maximum Gasteiger partial charge on any atom is 0.611 e. The van der Waals surface area contributed by atoms with Crippen molar-refractivity contribution in [2.45, 2.75) is 19.3 Å². The molecule has 0 radical (unpaired) electrons. The van der Waals surface area contributed by atoms with Gasteiger partial charge in [0.2, 0.25) is 0 Å². The molecule has 1 fully saturated rings. The maximum atomic E-state index is 11.6. The average Bonchev–Trinajstić information content (AvgIpc) is 2.59. The van der Waals surface area contributed by atoms with E-state index in [1.807, 2.05) is 12.1 Å². The van der Waals surface area contributed by atoms with E-state index < -0.39 is 19.1 Å². The molecule has 8 heteroatoms. The summed E-state index contributed by atoms with van der Waals surface area (Å²) in [5, 5.41) is 8.74. The molecule has 1 aromatic rings. The molecule has 1 aliphatic rings. The van der Waals surface area contributed by atoms with Crippen molar-refractivity contribution in [2.24, 2.45) is 0 Å². The van der Waals surface area contributed by atoms with Crippen LogP contribution in [0.5, 0.6) is 0 Å². The van der Waals surface area contributed by atoms with Crippen molar-refractivity contribution in [3.8, 4) is 17.9 Å². The number of nitrogens with zero attached hydrogens (tertiary/aromatic N) is 2. The fraction of sp³-hybridized carbons (Fsp3) is 0.389. The van der Waals surface area contributed by atoms with Gasteiger partial charge in [-0.25, -0.2) is 0 Å². The number of hydrogen-bond donors (Lipinski definition) is 0. The van der Waals surface area contributed by atoms with Crippen LogP contribution < -0.4 is 0 Å². The highest BCUT2D eigenvalue weighted by Crippen LogP contribution is 2.05. The number of carbonyl (C=O) groups excluding carboxylic acids is 2. The van der Waals surface area contributed by atoms with Crippen LogP contribution in [0.4, 0.5) is 0 Å². The predicted molar refractivity (Wildman–Crippen MR) is 93.4 cm³/mol. The van der Waals surface area contributed by atoms with E-state index in [9.17, 15) is 9.59 Å². The summed E-state index contributed by atoms with van der Waals surface area (Å²) in [6, 6.07) is 9.24. The number of likely N-dealkylation sites (N-methyl/N-ethyl adjacent to an activating group) is 1. The summed E-state index contributed by atoms with van der Waals surface area (Å²) in [5.41, 5.74) is 1.59. The summed E-state index contributed by atoms with van der Waals surface area (Å²) in [6.45, 7) is 0.977. The van der Waals surface area contributed by atoms with Crippen LogP contribution in [-0.4, -0.2) is 50.7 Å². The van der Waals surface area contributed by atoms with Crippen LogP contribution >= 0.6 is 0 Å². The molecule has 0 unspecified atom stereocenters. The molecule has 0 spiro atoms. The molecule has 0 amide bonds. The van der Waals surface area contributed by atoms with Crippen molar-refractivity contribution < 1.29 is 23.6 Å². The molecule has 2 rings (SSSR count). The lowest BCUT2D eigenvalue weighted by atomic mass is 9.84. The van der Waals surface area contributed by atoms with Gasteiger partial charge < -0.3 is 14.0 Å². The van der Waals surface area contributed by atoms with E-state index in [1.54, 1.807) is 19.2 Å². The van der Waals surface area contributed by atoms with Crippen LogP contribution in [0, 0.1) is 23.2 Å². The van der Waals surface area contributed by atoms with Crippen molar-refractivity contribution in [2.75, 3.05) is 26.7 Å². The Morgan fingerprint density at radius 1 is 1.15 bits per heavy atom. The highest BCUT2D eigenvalue weighted by atomic mass is 16.6. The summed E-state index contributed by atoms with van der Waals surface area (Å²) in [7, 11) is 0.677. The number of nitriles is 1. The monoisotopic (exact) mass is 354 g/mol. The Labute approximate surface area is 153 Å². The number of carbonyl (C=O) groups is 2. The zero-order chi connectivity index (χ0) is 18.8. The summed E-state index contributed by atoms with van der Waals surface area (Å²) in [5.74, 6) is 4.84. The fourth-order valence-electron chi connectivity index (χ4n) is 2.20. The van der Waals surface area contributed by atoms with E-state index in [2.05, 4.69) is 17.9 Å². The minimum Gasteiger partial charge on any atom is -0.498 e. The highest BCUT2D eigenvalue weighted by molar-refractivity contribution is 6.50. The maximum absolute atomic E-state index is 11.6. The Morgan fingerprint density at radius 2 is 1.81 bits per heavy atom. The van der Waals surface area contributed by atoms with E-state index in [4.69, 9.17) is 19.3 Å². The lowest BCUT2D eigenvalue weighted by molar-refractivity contribution is -0.145. The van der Waals surface area contributed by atoms with Crippen molar-refractivity contribution in [3.63, 3.8) is 0 Å². The first-order chi connectivity index (χ1) is 12.6. The summed E-state index contributed by atoms with van der Waals surface area (Å²) < 4.78 is 15.6. The van der Waals surface area contributed by atoms with Gasteiger partial charge in [-0.15, -0.1) is 11.8 Å². The second kappa shape index (κ2) is 10.2. The minimum absolute atomic E-state index is 0.0439. The third kappa shape index (κ3) is 6.98. The van der Waals surface area contributed by atoms with E-state index in [0.29, 0.717) is 25.2 Å². The molecule has 1 aliphatic heterocycles. The van der Waals surface area contributed by atoms with Crippen LogP contribution in [0.15, 0.2) is 24.3 Å². The zero-order valence-electron chi connectivity index (χ0n) is 14.6. The van der Waals surface area contributed by atoms with Gasteiger partial charge in [0.05, 0.1) is 44.3 Å². The number of rotatable bonds is 5. The molecule has 1 saturated heterocycles. The first-order valence-corrected chi connectivity index (χ1v) is 8.17. The number of ether oxygens (including phenoxy) is 1. The van der Waals surface area contributed by atoms with E-state index in [-0.39, 0.29) is 19.4 Å². The summed E-state index contributed by atoms with van der Waals surface area (Å²) in [6.07, 6.45) is 0.643. The van der Waals surface area contributed by atoms with Crippen LogP contribution in [0.1, 0.15) is 17.5 Å². The van der Waals surface area contributed by atoms with Gasteiger partial charge in [0.15, 0.2) is 0 Å². The summed E-state index contributed by atoms with van der Waals surface area (Å²) in [4.78, 5) is 24.7. The second-order valence-electron chi connectivity index (χ2n) is 5.75. The van der Waals surface area contributed by atoms with E-state index in [0.717, 1.165) is 5.56 Å². The van der Waals surface area contributed by atoms with E-state index in [1.165, 1.54) is 4.90 Å². The molecule has 0 aromatic heterocycles. The largest absolute Gasteiger partial charge is 0.611 e. The van der Waals surface area contributed by atoms with Gasteiger partial charge >= 0.3 is 19.1 Å². The van der Waals surface area contributed by atoms with Crippen LogP contribution in [0.2, 0.25) is 6.32 Å². The second-order valence-corrected chi connectivity index (χ2v) is 5.75. The first-order valence-electron chi connectivity index (χ1n) is 8.17. The molecule has 7 nitrogen and oxygen atoms in total. The molecular formula is C18H19BN2O5. The molecule has 0 N–H and O–H groups in total. The van der Waals surface area contributed by atoms with Crippen LogP contribution in [0.25, 0.3) is 0 Å². The molecular weight excluding hydrogens is 335 g/mol. The third-order valence-electron chi connectivity index (χ3n) is 3.44. The molecule has 0 saturated carbocycles. The molecule has 26 heavy (non-hydrogen) atoms. The SMILES string of the molecule is CN1CC(=O)OB(CC#CCCOCc2ccc(C#N)cc2)OC(=O)C1. The van der Waals surface area contributed by atoms with Gasteiger partial charge in [0.25, 0.3) is 0 Å². The quantitative estimate of drug-likeness (QED) is 0.443. The van der Waals surface area contributed by atoms with E-state index >= 15 is 0 Å². The summed E-state index contributed by atoms with van der Waals surface area (Å²) >= 11 is 0. The molecule has 1 heterocycles. The molecule has 0 aliphatic carbocycles. The zero-order valence-corrected chi connectivity index (χ0v) is 14.6. The Morgan fingerprint density at radius 3 is 2.42 bits per heavy atom. The van der Waals surface area contributed by atoms with Gasteiger partial charge in [-0.05, 0) is 24.7 Å².